The van der Waals surface area contributed by atoms with Crippen molar-refractivity contribution in [3.05, 3.63) is 12.1 Å². The lowest BCUT2D eigenvalue weighted by molar-refractivity contribution is -0.148. The van der Waals surface area contributed by atoms with Crippen LogP contribution < -0.4 is 0 Å². The fraction of sp³-hybridized carbons (Fsp3) is 0.769. The summed E-state index contributed by atoms with van der Waals surface area (Å²) < 4.78 is 16.6. The molecule has 102 valence electrons. The normalized spacial score (nSPS) is 22.5. The Morgan fingerprint density at radius 2 is 1.56 bits per heavy atom. The second kappa shape index (κ2) is 4.70. The molecule has 1 heterocycles. The Kier molecular flexibility index (Phi) is 3.99. The van der Waals surface area contributed by atoms with E-state index >= 15 is 0 Å². The topological polar surface area (TPSA) is 44.8 Å². The first-order chi connectivity index (χ1) is 7.93. The molecule has 18 heavy (non-hydrogen) atoms. The molecule has 0 saturated carbocycles. The van der Waals surface area contributed by atoms with Gasteiger partial charge in [0.15, 0.2) is 0 Å². The molecule has 0 N–H and O–H groups in total. The second-order valence-electron chi connectivity index (χ2n) is 6.52. The highest BCUT2D eigenvalue weighted by atomic mass is 16.7. The largest absolute Gasteiger partial charge is 0.487 e. The van der Waals surface area contributed by atoms with Crippen LogP contribution in [0.2, 0.25) is 0 Å². The average molecular weight is 254 g/mol. The van der Waals surface area contributed by atoms with Gasteiger partial charge in [0.1, 0.15) is 5.60 Å². The SMILES string of the molecule is CC(C)(C)OC(=O)/C=C/B1OC(C)(C)C(C)(C)O1. The number of rotatable bonds is 2. The van der Waals surface area contributed by atoms with Crippen LogP contribution in [0.25, 0.3) is 0 Å². The molecular weight excluding hydrogens is 231 g/mol. The van der Waals surface area contributed by atoms with Crippen molar-refractivity contribution < 1.29 is 18.8 Å². The van der Waals surface area contributed by atoms with E-state index in [-0.39, 0.29) is 0 Å². The van der Waals surface area contributed by atoms with Gasteiger partial charge in [-0.25, -0.2) is 4.79 Å². The van der Waals surface area contributed by atoms with Gasteiger partial charge in [0.2, 0.25) is 0 Å². The molecule has 0 amide bonds. The van der Waals surface area contributed by atoms with Gasteiger partial charge < -0.3 is 14.0 Å². The molecule has 0 spiro atoms. The van der Waals surface area contributed by atoms with E-state index in [9.17, 15) is 4.79 Å². The van der Waals surface area contributed by atoms with Crippen molar-refractivity contribution in [1.29, 1.82) is 0 Å². The van der Waals surface area contributed by atoms with Crippen LogP contribution in [0.15, 0.2) is 12.1 Å². The summed E-state index contributed by atoms with van der Waals surface area (Å²) in [6, 6.07) is 0. The molecule has 0 aromatic rings. The summed E-state index contributed by atoms with van der Waals surface area (Å²) in [6.07, 6.45) is 1.35. The van der Waals surface area contributed by atoms with E-state index in [4.69, 9.17) is 14.0 Å². The van der Waals surface area contributed by atoms with Crippen LogP contribution in [0.4, 0.5) is 0 Å². The Morgan fingerprint density at radius 3 is 1.94 bits per heavy atom. The third-order valence-corrected chi connectivity index (χ3v) is 3.07. The maximum Gasteiger partial charge on any atom is 0.487 e. The number of esters is 1. The summed E-state index contributed by atoms with van der Waals surface area (Å²) in [5, 5.41) is 0. The van der Waals surface area contributed by atoms with Crippen LogP contribution in [0, 0.1) is 0 Å². The molecule has 0 aliphatic carbocycles. The smallest absolute Gasteiger partial charge is 0.457 e. The predicted octanol–water partition coefficient (Wildman–Crippen LogP) is 2.52. The summed E-state index contributed by atoms with van der Waals surface area (Å²) >= 11 is 0. The number of hydrogen-bond acceptors (Lipinski definition) is 4. The van der Waals surface area contributed by atoms with E-state index in [1.165, 1.54) is 6.08 Å². The van der Waals surface area contributed by atoms with Crippen LogP contribution in [0.1, 0.15) is 48.5 Å². The summed E-state index contributed by atoms with van der Waals surface area (Å²) in [5.41, 5.74) is -1.27. The van der Waals surface area contributed by atoms with Crippen LogP contribution in [0.5, 0.6) is 0 Å². The Hall–Kier alpha value is -0.805. The van der Waals surface area contributed by atoms with Crippen LogP contribution >= 0.6 is 0 Å². The van der Waals surface area contributed by atoms with Gasteiger partial charge in [-0.2, -0.15) is 0 Å². The second-order valence-corrected chi connectivity index (χ2v) is 6.52. The standard InChI is InChI=1S/C13H23BO4/c1-11(2,3)16-10(15)8-9-14-17-12(4,5)13(6,7)18-14/h8-9H,1-7H3/b9-8+. The summed E-state index contributed by atoms with van der Waals surface area (Å²) in [5.74, 6) is 1.20. The zero-order valence-corrected chi connectivity index (χ0v) is 12.4. The van der Waals surface area contributed by atoms with Crippen molar-refractivity contribution in [3.63, 3.8) is 0 Å². The Labute approximate surface area is 110 Å². The molecule has 1 saturated heterocycles. The molecule has 0 bridgehead atoms. The van der Waals surface area contributed by atoms with Gasteiger partial charge in [0.25, 0.3) is 0 Å². The molecule has 0 unspecified atom stereocenters. The molecule has 0 radical (unpaired) electrons. The zero-order chi connectivity index (χ0) is 14.2. The molecule has 1 aliphatic rings. The number of ether oxygens (including phenoxy) is 1. The lowest BCUT2D eigenvalue weighted by atomic mass is 9.90. The zero-order valence-electron chi connectivity index (χ0n) is 12.4. The maximum atomic E-state index is 11.5. The minimum Gasteiger partial charge on any atom is -0.457 e. The Bertz CT molecular complexity index is 336. The Morgan fingerprint density at radius 1 is 1.11 bits per heavy atom. The molecule has 5 heteroatoms. The van der Waals surface area contributed by atoms with E-state index < -0.39 is 29.9 Å². The lowest BCUT2D eigenvalue weighted by Gasteiger charge is -2.32. The predicted molar refractivity (Wildman–Crippen MR) is 71.1 cm³/mol. The number of hydrogen-bond donors (Lipinski definition) is 0. The first-order valence-corrected chi connectivity index (χ1v) is 6.20. The van der Waals surface area contributed by atoms with E-state index in [2.05, 4.69) is 0 Å². The highest BCUT2D eigenvalue weighted by Gasteiger charge is 2.50. The molecule has 0 aromatic carbocycles. The molecule has 1 rings (SSSR count). The van der Waals surface area contributed by atoms with Crippen LogP contribution in [-0.4, -0.2) is 29.9 Å². The molecule has 1 aliphatic heterocycles. The van der Waals surface area contributed by atoms with Crippen molar-refractivity contribution in [2.45, 2.75) is 65.3 Å². The molecular formula is C13H23BO4. The fourth-order valence-corrected chi connectivity index (χ4v) is 1.46. The lowest BCUT2D eigenvalue weighted by Crippen LogP contribution is -2.41. The van der Waals surface area contributed by atoms with Gasteiger partial charge in [0, 0.05) is 6.08 Å². The van der Waals surface area contributed by atoms with Gasteiger partial charge in [-0.15, -0.1) is 0 Å². The Balaban J connectivity index is 2.58. The summed E-state index contributed by atoms with van der Waals surface area (Å²) in [7, 11) is -0.512. The molecule has 0 aromatic heterocycles. The average Bonchev–Trinajstić information content (AvgIpc) is 2.29. The van der Waals surface area contributed by atoms with Crippen molar-refractivity contribution in [2.24, 2.45) is 0 Å². The van der Waals surface area contributed by atoms with Gasteiger partial charge in [-0.05, 0) is 54.4 Å². The van der Waals surface area contributed by atoms with Gasteiger partial charge in [-0.1, -0.05) is 0 Å². The van der Waals surface area contributed by atoms with Gasteiger partial charge >= 0.3 is 13.1 Å². The highest BCUT2D eigenvalue weighted by molar-refractivity contribution is 6.52. The quantitative estimate of drug-likeness (QED) is 0.431. The third-order valence-electron chi connectivity index (χ3n) is 3.07. The van der Waals surface area contributed by atoms with Crippen LogP contribution in [0.3, 0.4) is 0 Å². The molecule has 4 nitrogen and oxygen atoms in total. The minimum absolute atomic E-state index is 0.391. The first kappa shape index (κ1) is 15.3. The van der Waals surface area contributed by atoms with Crippen molar-refractivity contribution in [2.75, 3.05) is 0 Å². The van der Waals surface area contributed by atoms with Gasteiger partial charge in [-0.3, -0.25) is 0 Å². The van der Waals surface area contributed by atoms with E-state index in [0.717, 1.165) is 0 Å². The van der Waals surface area contributed by atoms with Crippen LogP contribution in [-0.2, 0) is 18.8 Å². The van der Waals surface area contributed by atoms with Crippen molar-refractivity contribution in [1.82, 2.24) is 0 Å². The van der Waals surface area contributed by atoms with E-state index in [1.54, 1.807) is 5.98 Å². The highest BCUT2D eigenvalue weighted by Crippen LogP contribution is 2.36. The first-order valence-electron chi connectivity index (χ1n) is 6.20. The minimum atomic E-state index is -0.512. The van der Waals surface area contributed by atoms with Crippen molar-refractivity contribution in [3.8, 4) is 0 Å². The van der Waals surface area contributed by atoms with Crippen molar-refractivity contribution >= 4 is 13.1 Å². The molecule has 0 atom stereocenters. The maximum absolute atomic E-state index is 11.5. The number of carbonyl (C=O) groups excluding carboxylic acids is 1. The summed E-state index contributed by atoms with van der Waals surface area (Å²) in [4.78, 5) is 11.5. The van der Waals surface area contributed by atoms with E-state index in [0.29, 0.717) is 0 Å². The monoisotopic (exact) mass is 254 g/mol. The van der Waals surface area contributed by atoms with E-state index in [1.807, 2.05) is 48.5 Å². The number of carbonyl (C=O) groups is 1. The fourth-order valence-electron chi connectivity index (χ4n) is 1.46. The van der Waals surface area contributed by atoms with Gasteiger partial charge in [0.05, 0.1) is 11.2 Å². The molecule has 1 fully saturated rings. The summed E-state index contributed by atoms with van der Waals surface area (Å²) in [6.45, 7) is 13.3. The third kappa shape index (κ3) is 3.85.